The SMILES string of the molecule is CC.CC.CC.CC.CC.CC.CC.CC.CC.CC.CC.CC.CC.CC.CC.c1ccc2c(c1)Cc1c-2ccc2c1-c1ccc3c(c1C2)N1c2ccccc2Cc2cccc(c21)C3.c1ccc2c(c1)Cc1cc3c(cc1-2)-c1c(ccc2c1N1c4ccccc4Cc4cccc(c41)C2)C3.c1ccc2c(c1)Cc1cc3c(cc1-2)Cc1ccc2c(c1-3)N1c3ccccc3Cc3cccc(c31)C2. The van der Waals surface area contributed by atoms with E-state index >= 15 is 0 Å². The topological polar surface area (TPSA) is 9.72 Å². The minimum Gasteiger partial charge on any atom is -0.309 e. The summed E-state index contributed by atoms with van der Waals surface area (Å²) in [7, 11) is 0. The van der Waals surface area contributed by atoms with Crippen LogP contribution in [0.2, 0.25) is 0 Å². The van der Waals surface area contributed by atoms with Gasteiger partial charge in [0.05, 0.1) is 34.1 Å². The molecule has 0 N–H and O–H groups in total. The maximum absolute atomic E-state index is 2.61. The second-order valence-corrected chi connectivity index (χ2v) is 31.5. The fraction of sp³-hybridized carbons (Fsp3) is 0.318. The van der Waals surface area contributed by atoms with Gasteiger partial charge in [0.25, 0.3) is 0 Å². The van der Waals surface area contributed by atoms with Crippen molar-refractivity contribution in [3.63, 3.8) is 0 Å². The van der Waals surface area contributed by atoms with Crippen LogP contribution in [0.4, 0.5) is 51.2 Å². The average Bonchev–Trinajstić information content (AvgIpc) is 1.65. The second kappa shape index (κ2) is 49.8. The van der Waals surface area contributed by atoms with Crippen molar-refractivity contribution in [2.75, 3.05) is 14.7 Å². The summed E-state index contributed by atoms with van der Waals surface area (Å²) < 4.78 is 0. The van der Waals surface area contributed by atoms with E-state index in [0.717, 1.165) is 77.0 Å². The zero-order chi connectivity index (χ0) is 98.0. The Morgan fingerprint density at radius 3 is 0.763 bits per heavy atom. The highest BCUT2D eigenvalue weighted by Gasteiger charge is 2.42. The molecule has 0 fully saturated rings. The van der Waals surface area contributed by atoms with E-state index in [1.807, 2.05) is 208 Å². The molecule has 3 heteroatoms. The number of nitrogens with zero attached hydrogens (tertiary/aromatic N) is 3. The van der Waals surface area contributed by atoms with Crippen LogP contribution in [0, 0.1) is 0 Å². The molecule has 702 valence electrons. The standard InChI is InChI=1S/3C34H23N.15C2H6/c1-3-10-26-20(6-1)18-29-27(26)14-12-22-19-30-28(32(22)29)15-13-25-17-24-9-5-8-23-16-21-7-2-4-11-31(21)35(33(23)24)34(25)30;1-3-10-28-20(6-1)14-26-19-30-27(18-29(26)28)16-22-12-13-25-17-24-9-5-8-23-15-21-7-2-4-11-31(21)35(33(23)24)34(25)32(22)30;1-3-10-28-20(6-1)14-26-18-27-16-22-12-13-25-17-24-9-5-8-23-15-21-7-2-4-11-31(21)35(33(23)24)34(25)32(22)30(27)19-29(26)28;15*1-2/h1-15H,16-19H2;2*1-13,18-19H,14-17H2;15*1-2H3. The van der Waals surface area contributed by atoms with E-state index in [1.54, 1.807) is 0 Å². The lowest BCUT2D eigenvalue weighted by Gasteiger charge is -2.40. The number of benzene rings is 15. The van der Waals surface area contributed by atoms with Gasteiger partial charge in [-0.3, -0.25) is 0 Å². The van der Waals surface area contributed by atoms with Crippen molar-refractivity contribution in [1.82, 2.24) is 0 Å². The quantitative estimate of drug-likeness (QED) is 0.150. The fourth-order valence-corrected chi connectivity index (χ4v) is 21.7. The van der Waals surface area contributed by atoms with Crippen LogP contribution in [-0.2, 0) is 77.0 Å². The first-order valence-corrected chi connectivity index (χ1v) is 53.1. The van der Waals surface area contributed by atoms with Crippen molar-refractivity contribution in [1.29, 1.82) is 0 Å². The van der Waals surface area contributed by atoms with Crippen LogP contribution in [0.25, 0.3) is 66.8 Å². The molecule has 0 saturated heterocycles. The van der Waals surface area contributed by atoms with E-state index in [2.05, 4.69) is 288 Å². The molecular weight excluding hydrogens is 1630 g/mol. The highest BCUT2D eigenvalue weighted by molar-refractivity contribution is 6.04. The summed E-state index contributed by atoms with van der Waals surface area (Å²) in [5, 5.41) is 0. The summed E-state index contributed by atoms with van der Waals surface area (Å²) in [6, 6.07) is 104. The van der Waals surface area contributed by atoms with Crippen LogP contribution in [0.3, 0.4) is 0 Å². The molecule has 3 nitrogen and oxygen atoms in total. The van der Waals surface area contributed by atoms with Gasteiger partial charge in [-0.15, -0.1) is 0 Å². The van der Waals surface area contributed by atoms with Gasteiger partial charge in [-0.2, -0.15) is 0 Å². The van der Waals surface area contributed by atoms with Crippen molar-refractivity contribution >= 4 is 51.2 Å². The van der Waals surface area contributed by atoms with Crippen LogP contribution in [0.1, 0.15) is 341 Å². The Balaban J connectivity index is 0.000000184. The summed E-state index contributed by atoms with van der Waals surface area (Å²) >= 11 is 0. The molecule has 0 aromatic heterocycles. The number of anilines is 9. The van der Waals surface area contributed by atoms with Gasteiger partial charge >= 0.3 is 0 Å². The van der Waals surface area contributed by atoms with Crippen LogP contribution in [-0.4, -0.2) is 0 Å². The minimum absolute atomic E-state index is 1.01. The normalized spacial score (nSPS) is 12.3. The molecule has 0 spiro atoms. The van der Waals surface area contributed by atoms with Gasteiger partial charge in [0.1, 0.15) is 0 Å². The molecule has 6 aliphatic carbocycles. The average molecular weight is 1790 g/mol. The van der Waals surface area contributed by atoms with Gasteiger partial charge in [-0.1, -0.05) is 444 Å². The summed E-state index contributed by atoms with van der Waals surface area (Å²) in [6.45, 7) is 60.0. The van der Waals surface area contributed by atoms with Gasteiger partial charge in [-0.25, -0.2) is 0 Å². The monoisotopic (exact) mass is 1790 g/mol. The molecule has 0 amide bonds. The van der Waals surface area contributed by atoms with Crippen molar-refractivity contribution in [3.8, 4) is 66.8 Å². The van der Waals surface area contributed by atoms with E-state index in [9.17, 15) is 0 Å². The number of hydrogen-bond acceptors (Lipinski definition) is 3. The number of fused-ring (bicyclic) bond motifs is 34. The lowest BCUT2D eigenvalue weighted by molar-refractivity contribution is 1.00. The van der Waals surface area contributed by atoms with Crippen molar-refractivity contribution in [2.45, 2.75) is 285 Å². The van der Waals surface area contributed by atoms with Gasteiger partial charge in [0, 0.05) is 73.1 Å². The first-order chi connectivity index (χ1) is 67.0. The molecule has 12 aliphatic rings. The Morgan fingerprint density at radius 1 is 0.126 bits per heavy atom. The first kappa shape index (κ1) is 105. The summed E-state index contributed by atoms with van der Waals surface area (Å²) in [5.74, 6) is 0. The van der Waals surface area contributed by atoms with E-state index in [1.165, 1.54) is 251 Å². The lowest BCUT2D eigenvalue weighted by Crippen LogP contribution is -2.25. The molecule has 0 atom stereocenters. The Hall–Kier alpha value is -12.3. The predicted octanol–water partition coefficient (Wildman–Crippen LogP) is 39.7. The van der Waals surface area contributed by atoms with Crippen LogP contribution >= 0.6 is 0 Å². The summed E-state index contributed by atoms with van der Waals surface area (Å²) in [6.07, 6.45) is 12.3. The van der Waals surface area contributed by atoms with Gasteiger partial charge < -0.3 is 14.7 Å². The molecule has 6 heterocycles. The third-order valence-corrected chi connectivity index (χ3v) is 26.0. The lowest BCUT2D eigenvalue weighted by atomic mass is 9.84. The third kappa shape index (κ3) is 18.9. The molecule has 0 unspecified atom stereocenters. The molecule has 6 aliphatic heterocycles. The number of hydrogen-bond donors (Lipinski definition) is 0. The zero-order valence-corrected chi connectivity index (χ0v) is 88.3. The zero-order valence-electron chi connectivity index (χ0n) is 88.3. The van der Waals surface area contributed by atoms with E-state index in [4.69, 9.17) is 0 Å². The molecule has 0 bridgehead atoms. The number of rotatable bonds is 0. The Morgan fingerprint density at radius 2 is 0.356 bits per heavy atom. The maximum Gasteiger partial charge on any atom is 0.0578 e. The first-order valence-electron chi connectivity index (χ1n) is 53.1. The largest absolute Gasteiger partial charge is 0.309 e. The minimum atomic E-state index is 1.01. The van der Waals surface area contributed by atoms with Gasteiger partial charge in [0.2, 0.25) is 0 Å². The van der Waals surface area contributed by atoms with Crippen LogP contribution in [0.15, 0.2) is 273 Å². The third-order valence-electron chi connectivity index (χ3n) is 26.0. The second-order valence-electron chi connectivity index (χ2n) is 31.5. The van der Waals surface area contributed by atoms with E-state index < -0.39 is 0 Å². The maximum atomic E-state index is 2.61. The highest BCUT2D eigenvalue weighted by atomic mass is 15.2. The van der Waals surface area contributed by atoms with Crippen molar-refractivity contribution in [2.24, 2.45) is 0 Å². The Labute approximate surface area is 818 Å². The molecule has 135 heavy (non-hydrogen) atoms. The molecule has 27 rings (SSSR count). The number of para-hydroxylation sites is 6. The highest BCUT2D eigenvalue weighted by Crippen LogP contribution is 2.62. The van der Waals surface area contributed by atoms with Crippen molar-refractivity contribution < 1.29 is 0 Å². The molecule has 15 aromatic carbocycles. The molecule has 0 saturated carbocycles. The van der Waals surface area contributed by atoms with Crippen LogP contribution in [0.5, 0.6) is 0 Å². The van der Waals surface area contributed by atoms with Gasteiger partial charge in [0.15, 0.2) is 0 Å². The summed E-state index contributed by atoms with van der Waals surface area (Å²) in [4.78, 5) is 7.83. The van der Waals surface area contributed by atoms with E-state index in [0.29, 0.717) is 0 Å². The van der Waals surface area contributed by atoms with E-state index in [-0.39, 0.29) is 0 Å². The Bertz CT molecular complexity index is 6470. The molecule has 15 aromatic rings. The fourth-order valence-electron chi connectivity index (χ4n) is 21.7. The smallest absolute Gasteiger partial charge is 0.0578 e. The molecule has 0 radical (unpaired) electrons. The molecular formula is C132H159N3. The van der Waals surface area contributed by atoms with Crippen LogP contribution < -0.4 is 14.7 Å². The van der Waals surface area contributed by atoms with Gasteiger partial charge in [-0.05, 0) is 258 Å². The Kier molecular flexibility index (Phi) is 38.6. The summed E-state index contributed by atoms with van der Waals surface area (Å²) in [5.41, 5.74) is 65.1. The van der Waals surface area contributed by atoms with Crippen molar-refractivity contribution in [3.05, 3.63) is 407 Å². The predicted molar refractivity (Wildman–Crippen MR) is 600 cm³/mol.